The molecular formula is C20H28N6. The number of nitrogens with one attached hydrogen (secondary N) is 2. The SMILES string of the molecule is NCN1c2ccccc2NC(Nc2ccc(N3CCCCC3)cc2)C1N. The molecule has 0 bridgehead atoms. The van der Waals surface area contributed by atoms with E-state index >= 15 is 0 Å². The van der Waals surface area contributed by atoms with Crippen LogP contribution in [0.15, 0.2) is 48.5 Å². The Morgan fingerprint density at radius 3 is 2.46 bits per heavy atom. The number of para-hydroxylation sites is 2. The molecule has 2 aromatic rings. The van der Waals surface area contributed by atoms with Crippen molar-refractivity contribution in [1.29, 1.82) is 0 Å². The number of benzene rings is 2. The standard InChI is InChI=1S/C20H28N6/c21-14-26-18-7-3-2-6-17(18)24-20(19(26)22)23-15-8-10-16(11-9-15)25-12-4-1-5-13-25/h2-3,6-11,19-20,23-24H,1,4-5,12-14,21-22H2. The highest BCUT2D eigenvalue weighted by atomic mass is 15.4. The van der Waals surface area contributed by atoms with E-state index in [4.69, 9.17) is 11.5 Å². The number of nitrogens with two attached hydrogens (primary N) is 2. The summed E-state index contributed by atoms with van der Waals surface area (Å²) in [6.07, 6.45) is 3.55. The van der Waals surface area contributed by atoms with Gasteiger partial charge in [-0.3, -0.25) is 0 Å². The third kappa shape index (κ3) is 3.30. The van der Waals surface area contributed by atoms with Crippen LogP contribution in [0.4, 0.5) is 22.7 Å². The summed E-state index contributed by atoms with van der Waals surface area (Å²) in [5, 5.41) is 7.01. The lowest BCUT2D eigenvalue weighted by Gasteiger charge is -2.42. The van der Waals surface area contributed by atoms with E-state index < -0.39 is 0 Å². The fraction of sp³-hybridized carbons (Fsp3) is 0.400. The van der Waals surface area contributed by atoms with Crippen LogP contribution in [-0.2, 0) is 0 Å². The van der Waals surface area contributed by atoms with E-state index in [-0.39, 0.29) is 12.3 Å². The van der Waals surface area contributed by atoms with Gasteiger partial charge in [-0.05, 0) is 55.7 Å². The van der Waals surface area contributed by atoms with Crippen molar-refractivity contribution in [2.75, 3.05) is 40.2 Å². The average Bonchev–Trinajstić information content (AvgIpc) is 2.70. The van der Waals surface area contributed by atoms with Gasteiger partial charge in [-0.2, -0.15) is 0 Å². The zero-order valence-corrected chi connectivity index (χ0v) is 15.1. The Hall–Kier alpha value is -2.44. The first-order valence-corrected chi connectivity index (χ1v) is 9.46. The second-order valence-corrected chi connectivity index (χ2v) is 7.02. The Bertz CT molecular complexity index is 725. The minimum Gasteiger partial charge on any atom is -0.372 e. The van der Waals surface area contributed by atoms with E-state index in [1.54, 1.807) is 0 Å². The molecule has 26 heavy (non-hydrogen) atoms. The summed E-state index contributed by atoms with van der Waals surface area (Å²) in [5.74, 6) is 0. The van der Waals surface area contributed by atoms with Crippen molar-refractivity contribution in [1.82, 2.24) is 0 Å². The minimum absolute atomic E-state index is 0.116. The van der Waals surface area contributed by atoms with E-state index in [0.717, 1.165) is 30.2 Å². The summed E-state index contributed by atoms with van der Waals surface area (Å²) < 4.78 is 0. The summed E-state index contributed by atoms with van der Waals surface area (Å²) in [6, 6.07) is 16.8. The summed E-state index contributed by atoms with van der Waals surface area (Å²) in [5.41, 5.74) is 16.8. The Kier molecular flexibility index (Phi) is 4.86. The third-order valence-corrected chi connectivity index (χ3v) is 5.33. The van der Waals surface area contributed by atoms with Crippen LogP contribution in [0.1, 0.15) is 19.3 Å². The molecule has 0 spiro atoms. The van der Waals surface area contributed by atoms with Crippen molar-refractivity contribution in [2.45, 2.75) is 31.6 Å². The van der Waals surface area contributed by atoms with Gasteiger partial charge < -0.3 is 31.9 Å². The van der Waals surface area contributed by atoms with Gasteiger partial charge in [0.2, 0.25) is 0 Å². The maximum atomic E-state index is 6.46. The molecule has 138 valence electrons. The highest BCUT2D eigenvalue weighted by molar-refractivity contribution is 5.74. The van der Waals surface area contributed by atoms with Gasteiger partial charge in [0, 0.05) is 24.5 Å². The van der Waals surface area contributed by atoms with Gasteiger partial charge in [0.25, 0.3) is 0 Å². The smallest absolute Gasteiger partial charge is 0.131 e. The van der Waals surface area contributed by atoms with Crippen molar-refractivity contribution in [3.8, 4) is 0 Å². The highest BCUT2D eigenvalue weighted by Crippen LogP contribution is 2.32. The number of hydrogen-bond acceptors (Lipinski definition) is 6. The molecule has 0 saturated carbocycles. The molecule has 0 aromatic heterocycles. The first kappa shape index (κ1) is 17.0. The van der Waals surface area contributed by atoms with Crippen molar-refractivity contribution in [2.24, 2.45) is 11.5 Å². The monoisotopic (exact) mass is 352 g/mol. The Morgan fingerprint density at radius 1 is 1.00 bits per heavy atom. The van der Waals surface area contributed by atoms with Gasteiger partial charge in [0.15, 0.2) is 0 Å². The van der Waals surface area contributed by atoms with E-state index in [0.29, 0.717) is 6.67 Å². The molecule has 6 N–H and O–H groups in total. The van der Waals surface area contributed by atoms with Crippen molar-refractivity contribution in [3.05, 3.63) is 48.5 Å². The van der Waals surface area contributed by atoms with Crippen LogP contribution >= 0.6 is 0 Å². The zero-order chi connectivity index (χ0) is 17.9. The Morgan fingerprint density at radius 2 is 1.73 bits per heavy atom. The average molecular weight is 352 g/mol. The number of fused-ring (bicyclic) bond motifs is 1. The van der Waals surface area contributed by atoms with Crippen LogP contribution in [0, 0.1) is 0 Å². The summed E-state index contributed by atoms with van der Waals surface area (Å²) in [7, 11) is 0. The number of hydrogen-bond donors (Lipinski definition) is 4. The van der Waals surface area contributed by atoms with Crippen LogP contribution in [-0.4, -0.2) is 32.1 Å². The zero-order valence-electron chi connectivity index (χ0n) is 15.1. The quantitative estimate of drug-likeness (QED) is 0.677. The maximum Gasteiger partial charge on any atom is 0.131 e. The molecule has 6 nitrogen and oxygen atoms in total. The molecule has 1 saturated heterocycles. The molecule has 1 fully saturated rings. The molecule has 2 atom stereocenters. The van der Waals surface area contributed by atoms with Gasteiger partial charge in [-0.1, -0.05) is 12.1 Å². The maximum absolute atomic E-state index is 6.46. The van der Waals surface area contributed by atoms with Gasteiger partial charge >= 0.3 is 0 Å². The number of piperidine rings is 1. The van der Waals surface area contributed by atoms with Crippen LogP contribution in [0.2, 0.25) is 0 Å². The van der Waals surface area contributed by atoms with E-state index in [1.165, 1.54) is 24.9 Å². The largest absolute Gasteiger partial charge is 0.372 e. The molecule has 2 aromatic carbocycles. The first-order chi connectivity index (χ1) is 12.8. The van der Waals surface area contributed by atoms with Crippen LogP contribution in [0.3, 0.4) is 0 Å². The molecule has 0 amide bonds. The van der Waals surface area contributed by atoms with Crippen molar-refractivity contribution < 1.29 is 0 Å². The van der Waals surface area contributed by atoms with Crippen LogP contribution < -0.4 is 31.9 Å². The lowest BCUT2D eigenvalue weighted by molar-refractivity contribution is 0.546. The van der Waals surface area contributed by atoms with E-state index in [9.17, 15) is 0 Å². The number of nitrogens with zero attached hydrogens (tertiary/aromatic N) is 2. The molecule has 0 radical (unpaired) electrons. The molecule has 2 aliphatic rings. The molecular weight excluding hydrogens is 324 g/mol. The Balaban J connectivity index is 1.48. The summed E-state index contributed by atoms with van der Waals surface area (Å²) in [4.78, 5) is 4.48. The molecule has 2 aliphatic heterocycles. The first-order valence-electron chi connectivity index (χ1n) is 9.46. The topological polar surface area (TPSA) is 82.6 Å². The molecule has 4 rings (SSSR count). The predicted molar refractivity (Wildman–Crippen MR) is 109 cm³/mol. The molecule has 0 aliphatic carbocycles. The normalized spacial score (nSPS) is 22.5. The van der Waals surface area contributed by atoms with E-state index in [1.807, 2.05) is 23.1 Å². The van der Waals surface area contributed by atoms with Gasteiger partial charge in [0.1, 0.15) is 12.3 Å². The van der Waals surface area contributed by atoms with Gasteiger partial charge in [0.05, 0.1) is 18.0 Å². The lowest BCUT2D eigenvalue weighted by atomic mass is 10.1. The van der Waals surface area contributed by atoms with Crippen LogP contribution in [0.25, 0.3) is 0 Å². The Labute approximate surface area is 155 Å². The number of rotatable bonds is 4. The molecule has 2 heterocycles. The van der Waals surface area contributed by atoms with Crippen molar-refractivity contribution in [3.63, 3.8) is 0 Å². The van der Waals surface area contributed by atoms with Crippen LogP contribution in [0.5, 0.6) is 0 Å². The number of anilines is 4. The second kappa shape index (κ2) is 7.43. The fourth-order valence-corrected chi connectivity index (χ4v) is 3.88. The third-order valence-electron chi connectivity index (χ3n) is 5.33. The summed E-state index contributed by atoms with van der Waals surface area (Å²) in [6.45, 7) is 2.69. The van der Waals surface area contributed by atoms with E-state index in [2.05, 4.69) is 45.9 Å². The molecule has 6 heteroatoms. The minimum atomic E-state index is -0.253. The fourth-order valence-electron chi connectivity index (χ4n) is 3.88. The van der Waals surface area contributed by atoms with Gasteiger partial charge in [-0.15, -0.1) is 0 Å². The highest BCUT2D eigenvalue weighted by Gasteiger charge is 2.30. The van der Waals surface area contributed by atoms with Gasteiger partial charge in [-0.25, -0.2) is 0 Å². The lowest BCUT2D eigenvalue weighted by Crippen LogP contribution is -2.60. The predicted octanol–water partition coefficient (Wildman–Crippen LogP) is 2.55. The second-order valence-electron chi connectivity index (χ2n) is 7.02. The molecule has 2 unspecified atom stereocenters. The van der Waals surface area contributed by atoms with Crippen molar-refractivity contribution >= 4 is 22.7 Å². The summed E-state index contributed by atoms with van der Waals surface area (Å²) >= 11 is 0.